The smallest absolute Gasteiger partial charge is 0.153 e. The highest BCUT2D eigenvalue weighted by Crippen LogP contribution is 2.51. The Labute approximate surface area is 142 Å². The second kappa shape index (κ2) is 5.36. The summed E-state index contributed by atoms with van der Waals surface area (Å²) in [6.45, 7) is 2.12. The fraction of sp³-hybridized carbons (Fsp3) is 0.250. The van der Waals surface area contributed by atoms with Crippen molar-refractivity contribution in [3.63, 3.8) is 0 Å². The molecule has 4 N–H and O–H groups in total. The summed E-state index contributed by atoms with van der Waals surface area (Å²) in [6, 6.07) is 12.4. The van der Waals surface area contributed by atoms with Crippen molar-refractivity contribution in [2.24, 2.45) is 10.8 Å². The molecule has 7 heteroatoms. The van der Waals surface area contributed by atoms with Gasteiger partial charge in [-0.2, -0.15) is 10.2 Å². The number of fused-ring (bicyclic) bond motifs is 1. The van der Waals surface area contributed by atoms with E-state index in [1.54, 1.807) is 23.1 Å². The molecule has 0 saturated carbocycles. The number of hydrogen-bond acceptors (Lipinski definition) is 6. The number of benzene rings is 1. The van der Waals surface area contributed by atoms with Crippen molar-refractivity contribution in [1.29, 1.82) is 0 Å². The molecule has 118 valence electrons. The quantitative estimate of drug-likeness (QED) is 0.679. The van der Waals surface area contributed by atoms with Crippen LogP contribution in [0, 0.1) is 0 Å². The van der Waals surface area contributed by atoms with Gasteiger partial charge in [0.1, 0.15) is 4.83 Å². The minimum atomic E-state index is -0.597. The molecule has 0 bridgehead atoms. The maximum atomic E-state index is 7.03. The third-order valence-electron chi connectivity index (χ3n) is 4.44. The van der Waals surface area contributed by atoms with Crippen LogP contribution in [0.15, 0.2) is 47.7 Å². The van der Waals surface area contributed by atoms with Gasteiger partial charge in [0.25, 0.3) is 0 Å². The van der Waals surface area contributed by atoms with E-state index in [1.807, 2.05) is 29.9 Å². The maximum Gasteiger partial charge on any atom is 0.153 e. The summed E-state index contributed by atoms with van der Waals surface area (Å²) in [7, 11) is 0. The van der Waals surface area contributed by atoms with Gasteiger partial charge in [0.15, 0.2) is 4.87 Å². The van der Waals surface area contributed by atoms with Gasteiger partial charge < -0.3 is 5.73 Å². The topological polar surface area (TPSA) is 79.1 Å². The lowest BCUT2D eigenvalue weighted by Gasteiger charge is -2.44. The van der Waals surface area contributed by atoms with Crippen molar-refractivity contribution >= 4 is 38.9 Å². The number of nitrogens with zero attached hydrogens (tertiary/aromatic N) is 2. The second-order valence-electron chi connectivity index (χ2n) is 5.60. The molecule has 0 spiro atoms. The zero-order chi connectivity index (χ0) is 15.9. The Bertz CT molecular complexity index is 817. The minimum Gasteiger partial charge on any atom is -0.318 e. The van der Waals surface area contributed by atoms with E-state index in [1.165, 1.54) is 0 Å². The van der Waals surface area contributed by atoms with Gasteiger partial charge in [0.2, 0.25) is 0 Å². The summed E-state index contributed by atoms with van der Waals surface area (Å²) in [6.07, 6.45) is 2.62. The third kappa shape index (κ3) is 2.04. The van der Waals surface area contributed by atoms with E-state index in [4.69, 9.17) is 5.73 Å². The Hall–Kier alpha value is -1.83. The molecule has 2 aromatic heterocycles. The lowest BCUT2D eigenvalue weighted by atomic mass is 9.82. The molecule has 1 aliphatic rings. The Morgan fingerprint density at radius 2 is 2.13 bits per heavy atom. The van der Waals surface area contributed by atoms with E-state index in [9.17, 15) is 0 Å². The Morgan fingerprint density at radius 3 is 2.78 bits per heavy atom. The molecule has 5 nitrogen and oxygen atoms in total. The average molecular weight is 343 g/mol. The van der Waals surface area contributed by atoms with Crippen molar-refractivity contribution in [3.05, 3.63) is 53.0 Å². The zero-order valence-corrected chi connectivity index (χ0v) is 14.2. The number of thioether (sulfide) groups is 1. The van der Waals surface area contributed by atoms with Crippen molar-refractivity contribution in [1.82, 2.24) is 15.6 Å². The number of hydrogen-bond donors (Lipinski definition) is 3. The summed E-state index contributed by atoms with van der Waals surface area (Å²) in [4.78, 5) is 1.66. The largest absolute Gasteiger partial charge is 0.318 e. The molecule has 2 atom stereocenters. The van der Waals surface area contributed by atoms with Crippen LogP contribution in [-0.4, -0.2) is 15.7 Å². The van der Waals surface area contributed by atoms with E-state index in [0.29, 0.717) is 0 Å². The molecule has 1 aromatic carbocycles. The van der Waals surface area contributed by atoms with Crippen LogP contribution in [0.2, 0.25) is 0 Å². The lowest BCUT2D eigenvalue weighted by Crippen LogP contribution is -2.58. The summed E-state index contributed by atoms with van der Waals surface area (Å²) in [5.74, 6) is 0. The molecule has 4 rings (SSSR count). The molecule has 3 aromatic rings. The van der Waals surface area contributed by atoms with Gasteiger partial charge in [-0.1, -0.05) is 49.0 Å². The Balaban J connectivity index is 1.90. The van der Waals surface area contributed by atoms with Gasteiger partial charge in [-0.25, -0.2) is 0 Å². The highest BCUT2D eigenvalue weighted by Gasteiger charge is 2.53. The van der Waals surface area contributed by atoms with Crippen LogP contribution < -0.4 is 11.2 Å². The molecule has 3 heterocycles. The Kier molecular flexibility index (Phi) is 3.44. The monoisotopic (exact) mass is 343 g/mol. The van der Waals surface area contributed by atoms with E-state index in [2.05, 4.69) is 45.8 Å². The minimum absolute atomic E-state index is 0.515. The highest BCUT2D eigenvalue weighted by molar-refractivity contribution is 8.13. The van der Waals surface area contributed by atoms with Crippen molar-refractivity contribution < 1.29 is 0 Å². The van der Waals surface area contributed by atoms with E-state index in [-0.39, 0.29) is 0 Å². The first kappa shape index (κ1) is 14.7. The lowest BCUT2D eigenvalue weighted by molar-refractivity contribution is 0.271. The molecule has 2 unspecified atom stereocenters. The summed E-state index contributed by atoms with van der Waals surface area (Å²) in [5, 5.41) is 12.5. The summed E-state index contributed by atoms with van der Waals surface area (Å²) >= 11 is 3.30. The molecule has 0 aliphatic carbocycles. The second-order valence-corrected chi connectivity index (χ2v) is 7.71. The van der Waals surface area contributed by atoms with Crippen LogP contribution in [0.25, 0.3) is 10.2 Å². The molecule has 0 radical (unpaired) electrons. The average Bonchev–Trinajstić information content (AvgIpc) is 3.30. The van der Waals surface area contributed by atoms with E-state index in [0.717, 1.165) is 27.1 Å². The van der Waals surface area contributed by atoms with Crippen molar-refractivity contribution in [2.45, 2.75) is 23.8 Å². The number of nitrogens with two attached hydrogens (primary N) is 1. The fourth-order valence-corrected chi connectivity index (χ4v) is 5.47. The first-order chi connectivity index (χ1) is 11.2. The van der Waals surface area contributed by atoms with Crippen LogP contribution in [0.3, 0.4) is 0 Å². The molecular weight excluding hydrogens is 326 g/mol. The molecule has 0 amide bonds. The number of nitrogens with one attached hydrogen (secondary N) is 2. The molecule has 23 heavy (non-hydrogen) atoms. The van der Waals surface area contributed by atoms with Crippen molar-refractivity contribution in [3.8, 4) is 0 Å². The summed E-state index contributed by atoms with van der Waals surface area (Å²) in [5.41, 5.74) is 12.7. The number of hydrazone groups is 1. The van der Waals surface area contributed by atoms with Crippen LogP contribution in [0.1, 0.15) is 23.8 Å². The number of thiophene rings is 1. The van der Waals surface area contributed by atoms with Gasteiger partial charge in [-0.3, -0.25) is 10.5 Å². The van der Waals surface area contributed by atoms with Gasteiger partial charge in [0, 0.05) is 10.3 Å². The number of rotatable bonds is 4. The first-order valence-corrected chi connectivity index (χ1v) is 9.13. The predicted octanol–water partition coefficient (Wildman–Crippen LogP) is 3.32. The SMILES string of the molecule is CCC(N)(c1cc2cn[nH]c2s1)C1(c2ccccc2)NN=CS1. The molecule has 0 saturated heterocycles. The third-order valence-corrected chi connectivity index (χ3v) is 6.93. The van der Waals surface area contributed by atoms with Crippen LogP contribution in [-0.2, 0) is 10.4 Å². The molecular formula is C16H17N5S2. The fourth-order valence-electron chi connectivity index (χ4n) is 3.08. The number of aromatic nitrogens is 2. The maximum absolute atomic E-state index is 7.03. The van der Waals surface area contributed by atoms with Gasteiger partial charge in [-0.05, 0) is 18.1 Å². The van der Waals surface area contributed by atoms with Gasteiger partial charge in [0.05, 0.1) is 17.3 Å². The van der Waals surface area contributed by atoms with Crippen molar-refractivity contribution in [2.75, 3.05) is 0 Å². The van der Waals surface area contributed by atoms with Crippen LogP contribution >= 0.6 is 23.1 Å². The Morgan fingerprint density at radius 1 is 1.30 bits per heavy atom. The summed E-state index contributed by atoms with van der Waals surface area (Å²) < 4.78 is 0. The number of H-pyrrole nitrogens is 1. The number of aromatic amines is 1. The van der Waals surface area contributed by atoms with E-state index >= 15 is 0 Å². The zero-order valence-electron chi connectivity index (χ0n) is 12.6. The van der Waals surface area contributed by atoms with Gasteiger partial charge in [-0.15, -0.1) is 11.3 Å². The van der Waals surface area contributed by atoms with Crippen LogP contribution in [0.4, 0.5) is 0 Å². The molecule has 1 aliphatic heterocycles. The standard InChI is InChI=1S/C16H17N5S2/c1-2-15(17,13-8-11-9-18-20-14(11)23-13)16(21-19-10-22-16)12-6-4-3-5-7-12/h3-10,21H,2,17H2,1H3,(H,18,20). The van der Waals surface area contributed by atoms with Crippen LogP contribution in [0.5, 0.6) is 0 Å². The predicted molar refractivity (Wildman–Crippen MR) is 97.5 cm³/mol. The molecule has 0 fully saturated rings. The van der Waals surface area contributed by atoms with E-state index < -0.39 is 10.4 Å². The van der Waals surface area contributed by atoms with Gasteiger partial charge >= 0.3 is 0 Å². The normalized spacial score (nSPS) is 23.0. The highest BCUT2D eigenvalue weighted by atomic mass is 32.2. The first-order valence-electron chi connectivity index (χ1n) is 7.44.